The number of carbonyl (C=O) groups is 1. The lowest BCUT2D eigenvalue weighted by atomic mass is 10.3. The molecular weight excluding hydrogens is 180 g/mol. The van der Waals surface area contributed by atoms with Crippen LogP contribution in [0.25, 0.3) is 6.08 Å². The van der Waals surface area contributed by atoms with Gasteiger partial charge in [0.05, 0.1) is 12.7 Å². The summed E-state index contributed by atoms with van der Waals surface area (Å²) in [6, 6.07) is 0. The molecule has 14 heavy (non-hydrogen) atoms. The number of carboxylic acid groups (broad SMARTS) is 1. The normalized spacial score (nSPS) is 10.6. The van der Waals surface area contributed by atoms with Crippen molar-refractivity contribution in [2.45, 2.75) is 13.5 Å². The van der Waals surface area contributed by atoms with E-state index in [0.29, 0.717) is 6.54 Å². The van der Waals surface area contributed by atoms with Crippen LogP contribution in [0.2, 0.25) is 0 Å². The van der Waals surface area contributed by atoms with Crippen LogP contribution in [0.5, 0.6) is 0 Å². The third-order valence-corrected chi connectivity index (χ3v) is 1.50. The maximum absolute atomic E-state index is 10.2. The van der Waals surface area contributed by atoms with Gasteiger partial charge in [-0.15, -0.1) is 0 Å². The predicted molar refractivity (Wildman–Crippen MR) is 53.7 cm³/mol. The monoisotopic (exact) mass is 192 g/mol. The minimum absolute atomic E-state index is 0.654. The topological polar surface area (TPSA) is 55.1 Å². The van der Waals surface area contributed by atoms with Gasteiger partial charge in [0.2, 0.25) is 0 Å². The van der Waals surface area contributed by atoms with Crippen LogP contribution in [0.4, 0.5) is 0 Å². The highest BCUT2D eigenvalue weighted by molar-refractivity contribution is 5.85. The van der Waals surface area contributed by atoms with Crippen LogP contribution in [0.15, 0.2) is 30.6 Å². The smallest absolute Gasteiger partial charge is 0.328 e. The molecule has 0 atom stereocenters. The lowest BCUT2D eigenvalue weighted by Crippen LogP contribution is -1.97. The Hall–Kier alpha value is -1.84. The number of allylic oxidation sites excluding steroid dienone is 1. The second-order valence-corrected chi connectivity index (χ2v) is 3.10. The number of hydrogen-bond donors (Lipinski definition) is 1. The molecule has 1 rings (SSSR count). The molecule has 0 spiro atoms. The number of aliphatic carboxylic acids is 1. The van der Waals surface area contributed by atoms with E-state index in [4.69, 9.17) is 5.11 Å². The summed E-state index contributed by atoms with van der Waals surface area (Å²) in [4.78, 5) is 10.2. The Balaban J connectivity index is 2.68. The maximum Gasteiger partial charge on any atom is 0.328 e. The molecule has 1 aromatic heterocycles. The molecule has 0 aromatic carbocycles. The molecule has 0 saturated heterocycles. The summed E-state index contributed by atoms with van der Waals surface area (Å²) in [5, 5.41) is 12.4. The van der Waals surface area contributed by atoms with Crippen molar-refractivity contribution >= 4 is 12.0 Å². The van der Waals surface area contributed by atoms with Crippen LogP contribution in [0.1, 0.15) is 12.5 Å². The van der Waals surface area contributed by atoms with Crippen molar-refractivity contribution in [1.82, 2.24) is 9.78 Å². The second kappa shape index (κ2) is 4.41. The minimum Gasteiger partial charge on any atom is -0.478 e. The van der Waals surface area contributed by atoms with E-state index < -0.39 is 5.97 Å². The Morgan fingerprint density at radius 3 is 3.07 bits per heavy atom. The van der Waals surface area contributed by atoms with Crippen molar-refractivity contribution in [3.8, 4) is 0 Å². The molecule has 0 radical (unpaired) electrons. The van der Waals surface area contributed by atoms with Gasteiger partial charge in [-0.3, -0.25) is 4.68 Å². The number of hydrogen-bond acceptors (Lipinski definition) is 2. The molecule has 74 valence electrons. The SMILES string of the molecule is C=C(C)Cn1cc(/C=C/C(=O)O)cn1. The van der Waals surface area contributed by atoms with Gasteiger partial charge in [-0.05, 0) is 13.0 Å². The third kappa shape index (κ3) is 3.26. The lowest BCUT2D eigenvalue weighted by molar-refractivity contribution is -0.131. The number of nitrogens with zero attached hydrogens (tertiary/aromatic N) is 2. The highest BCUT2D eigenvalue weighted by Crippen LogP contribution is 2.02. The van der Waals surface area contributed by atoms with E-state index >= 15 is 0 Å². The summed E-state index contributed by atoms with van der Waals surface area (Å²) < 4.78 is 1.71. The van der Waals surface area contributed by atoms with Gasteiger partial charge < -0.3 is 5.11 Å². The zero-order chi connectivity index (χ0) is 10.6. The van der Waals surface area contributed by atoms with Gasteiger partial charge in [-0.2, -0.15) is 5.10 Å². The molecule has 1 heterocycles. The first kappa shape index (κ1) is 10.2. The van der Waals surface area contributed by atoms with Gasteiger partial charge in [0.1, 0.15) is 0 Å². The van der Waals surface area contributed by atoms with Crippen LogP contribution < -0.4 is 0 Å². The summed E-state index contributed by atoms with van der Waals surface area (Å²) in [6.07, 6.45) is 5.98. The molecule has 0 unspecified atom stereocenters. The van der Waals surface area contributed by atoms with E-state index in [1.54, 1.807) is 17.1 Å². The van der Waals surface area contributed by atoms with Crippen molar-refractivity contribution in [1.29, 1.82) is 0 Å². The summed E-state index contributed by atoms with van der Waals surface area (Å²) in [5.74, 6) is -0.961. The quantitative estimate of drug-likeness (QED) is 0.581. The van der Waals surface area contributed by atoms with Crippen molar-refractivity contribution in [3.05, 3.63) is 36.2 Å². The molecule has 4 heteroatoms. The average molecular weight is 192 g/mol. The molecule has 0 aliphatic rings. The number of carboxylic acids is 1. The fraction of sp³-hybridized carbons (Fsp3) is 0.200. The van der Waals surface area contributed by atoms with Crippen LogP contribution in [-0.2, 0) is 11.3 Å². The van der Waals surface area contributed by atoms with Crippen LogP contribution in [0, 0.1) is 0 Å². The second-order valence-electron chi connectivity index (χ2n) is 3.10. The van der Waals surface area contributed by atoms with Crippen molar-refractivity contribution in [2.75, 3.05) is 0 Å². The Morgan fingerprint density at radius 2 is 2.50 bits per heavy atom. The first-order chi connectivity index (χ1) is 6.58. The first-order valence-electron chi connectivity index (χ1n) is 4.16. The molecule has 4 nitrogen and oxygen atoms in total. The van der Waals surface area contributed by atoms with Gasteiger partial charge in [-0.25, -0.2) is 4.79 Å². The van der Waals surface area contributed by atoms with E-state index in [1.165, 1.54) is 6.08 Å². The van der Waals surface area contributed by atoms with Gasteiger partial charge in [-0.1, -0.05) is 12.2 Å². The number of rotatable bonds is 4. The van der Waals surface area contributed by atoms with Gasteiger partial charge in [0, 0.05) is 17.8 Å². The highest BCUT2D eigenvalue weighted by Gasteiger charge is 1.95. The van der Waals surface area contributed by atoms with Crippen molar-refractivity contribution in [2.24, 2.45) is 0 Å². The molecular formula is C10H12N2O2. The van der Waals surface area contributed by atoms with E-state index in [1.807, 2.05) is 6.92 Å². The summed E-state index contributed by atoms with van der Waals surface area (Å²) >= 11 is 0. The summed E-state index contributed by atoms with van der Waals surface area (Å²) in [6.45, 7) is 6.33. The summed E-state index contributed by atoms with van der Waals surface area (Å²) in [5.41, 5.74) is 1.77. The van der Waals surface area contributed by atoms with E-state index in [-0.39, 0.29) is 0 Å². The predicted octanol–water partition coefficient (Wildman–Crippen LogP) is 1.56. The van der Waals surface area contributed by atoms with E-state index in [0.717, 1.165) is 17.2 Å². The van der Waals surface area contributed by atoms with Gasteiger partial charge >= 0.3 is 5.97 Å². The summed E-state index contributed by atoms with van der Waals surface area (Å²) in [7, 11) is 0. The van der Waals surface area contributed by atoms with E-state index in [9.17, 15) is 4.79 Å². The molecule has 0 aliphatic heterocycles. The molecule has 1 N–H and O–H groups in total. The maximum atomic E-state index is 10.2. The zero-order valence-corrected chi connectivity index (χ0v) is 7.97. The Bertz CT molecular complexity index is 377. The fourth-order valence-corrected chi connectivity index (χ4v) is 0.996. The first-order valence-corrected chi connectivity index (χ1v) is 4.16. The standard InChI is InChI=1S/C10H12N2O2/c1-8(2)6-12-7-9(5-11-12)3-4-10(13)14/h3-5,7H,1,6H2,2H3,(H,13,14)/b4-3+. The van der Waals surface area contributed by atoms with Gasteiger partial charge in [0.15, 0.2) is 0 Å². The van der Waals surface area contributed by atoms with Crippen LogP contribution >= 0.6 is 0 Å². The highest BCUT2D eigenvalue weighted by atomic mass is 16.4. The van der Waals surface area contributed by atoms with Crippen molar-refractivity contribution < 1.29 is 9.90 Å². The minimum atomic E-state index is -0.961. The lowest BCUT2D eigenvalue weighted by Gasteiger charge is -1.97. The molecule has 0 fully saturated rings. The van der Waals surface area contributed by atoms with Crippen LogP contribution in [-0.4, -0.2) is 20.9 Å². The molecule has 0 amide bonds. The Kier molecular flexibility index (Phi) is 3.23. The number of aromatic nitrogens is 2. The zero-order valence-electron chi connectivity index (χ0n) is 7.97. The molecule has 0 bridgehead atoms. The third-order valence-electron chi connectivity index (χ3n) is 1.50. The van der Waals surface area contributed by atoms with Crippen LogP contribution in [0.3, 0.4) is 0 Å². The fourth-order valence-electron chi connectivity index (χ4n) is 0.996. The van der Waals surface area contributed by atoms with Crippen molar-refractivity contribution in [3.63, 3.8) is 0 Å². The molecule has 1 aromatic rings. The average Bonchev–Trinajstić information content (AvgIpc) is 2.47. The largest absolute Gasteiger partial charge is 0.478 e. The van der Waals surface area contributed by atoms with E-state index in [2.05, 4.69) is 11.7 Å². The van der Waals surface area contributed by atoms with Gasteiger partial charge in [0.25, 0.3) is 0 Å². The Morgan fingerprint density at radius 1 is 1.79 bits per heavy atom. The molecule has 0 saturated carbocycles. The molecule has 0 aliphatic carbocycles. The Labute approximate surface area is 82.2 Å².